The van der Waals surface area contributed by atoms with Crippen molar-refractivity contribution in [1.29, 1.82) is 0 Å². The SMILES string of the molecule is CCN1CCC1/C=C/C(=O)N1CCCC(c2cn(-c3ccc(Oc4ccccc4)cc3)c3c(N)n[nH]c(=O)c23)C1. The number of hydrogen-bond donors (Lipinski definition) is 2. The van der Waals surface area contributed by atoms with E-state index in [9.17, 15) is 9.59 Å². The molecule has 4 aromatic rings. The van der Waals surface area contributed by atoms with Crippen molar-refractivity contribution in [2.45, 2.75) is 38.1 Å². The first-order valence-electron chi connectivity index (χ1n) is 14.0. The fraction of sp³-hybridized carbons (Fsp3) is 0.323. The highest BCUT2D eigenvalue weighted by Gasteiger charge is 2.29. The summed E-state index contributed by atoms with van der Waals surface area (Å²) in [6.45, 7) is 5.49. The largest absolute Gasteiger partial charge is 0.457 e. The van der Waals surface area contributed by atoms with Gasteiger partial charge in [-0.1, -0.05) is 31.2 Å². The Morgan fingerprint density at radius 3 is 2.60 bits per heavy atom. The highest BCUT2D eigenvalue weighted by Crippen LogP contribution is 2.35. The van der Waals surface area contributed by atoms with E-state index in [2.05, 4.69) is 22.0 Å². The van der Waals surface area contributed by atoms with Crippen molar-refractivity contribution >= 4 is 22.6 Å². The Kier molecular flexibility index (Phi) is 7.13. The van der Waals surface area contributed by atoms with Gasteiger partial charge in [0, 0.05) is 49.6 Å². The molecule has 2 unspecified atom stereocenters. The minimum atomic E-state index is -0.282. The third-order valence-electron chi connectivity index (χ3n) is 8.10. The molecule has 2 fully saturated rings. The van der Waals surface area contributed by atoms with Crippen molar-refractivity contribution in [2.75, 3.05) is 31.9 Å². The van der Waals surface area contributed by atoms with Gasteiger partial charge in [-0.2, -0.15) is 5.10 Å². The minimum Gasteiger partial charge on any atom is -0.457 e. The second-order valence-electron chi connectivity index (χ2n) is 10.5. The second-order valence-corrected chi connectivity index (χ2v) is 10.5. The zero-order chi connectivity index (χ0) is 27.6. The average Bonchev–Trinajstić information content (AvgIpc) is 3.38. The summed E-state index contributed by atoms with van der Waals surface area (Å²) in [7, 11) is 0. The molecule has 0 spiro atoms. The van der Waals surface area contributed by atoms with E-state index in [-0.39, 0.29) is 23.2 Å². The van der Waals surface area contributed by atoms with Crippen LogP contribution in [-0.2, 0) is 4.79 Å². The number of fused-ring (bicyclic) bond motifs is 1. The number of piperidine rings is 1. The zero-order valence-electron chi connectivity index (χ0n) is 22.6. The molecule has 40 heavy (non-hydrogen) atoms. The van der Waals surface area contributed by atoms with Crippen LogP contribution in [0.1, 0.15) is 37.7 Å². The number of anilines is 1. The highest BCUT2D eigenvalue weighted by molar-refractivity contribution is 5.92. The standard InChI is InChI=1S/C31H34N6O3/c1-2-35-18-16-22(35)12-15-27(38)36-17-6-7-21(19-36)26-20-37(29-28(26)31(39)34-33-30(29)32)23-10-13-25(14-11-23)40-24-8-4-3-5-9-24/h3-5,8-15,20-22H,2,6-7,16-19H2,1H3,(H2,32,33)(H,34,39)/b15-12+. The van der Waals surface area contributed by atoms with Gasteiger partial charge in [0.2, 0.25) is 5.91 Å². The molecule has 4 heterocycles. The van der Waals surface area contributed by atoms with E-state index in [0.29, 0.717) is 35.8 Å². The quantitative estimate of drug-likeness (QED) is 0.337. The summed E-state index contributed by atoms with van der Waals surface area (Å²) in [5.41, 5.74) is 8.33. The van der Waals surface area contributed by atoms with E-state index >= 15 is 0 Å². The van der Waals surface area contributed by atoms with Crippen LogP contribution < -0.4 is 16.0 Å². The molecule has 1 amide bonds. The summed E-state index contributed by atoms with van der Waals surface area (Å²) in [5.74, 6) is 1.74. The van der Waals surface area contributed by atoms with Crippen LogP contribution >= 0.6 is 0 Å². The Labute approximate surface area is 232 Å². The molecule has 6 rings (SSSR count). The summed E-state index contributed by atoms with van der Waals surface area (Å²) in [6.07, 6.45) is 8.58. The number of nitrogens with one attached hydrogen (secondary N) is 1. The van der Waals surface area contributed by atoms with E-state index < -0.39 is 0 Å². The third kappa shape index (κ3) is 5.00. The Morgan fingerprint density at radius 1 is 1.10 bits per heavy atom. The molecule has 0 saturated carbocycles. The number of ether oxygens (including phenoxy) is 1. The number of likely N-dealkylation sites (N-methyl/N-ethyl adjacent to an activating group) is 1. The molecule has 9 nitrogen and oxygen atoms in total. The maximum absolute atomic E-state index is 13.1. The van der Waals surface area contributed by atoms with Crippen molar-refractivity contribution < 1.29 is 9.53 Å². The molecule has 2 aliphatic rings. The van der Waals surface area contributed by atoms with Gasteiger partial charge in [0.1, 0.15) is 17.0 Å². The number of para-hydroxylation sites is 1. The summed E-state index contributed by atoms with van der Waals surface area (Å²) >= 11 is 0. The van der Waals surface area contributed by atoms with Crippen LogP contribution in [0, 0.1) is 0 Å². The molecule has 2 aromatic heterocycles. The van der Waals surface area contributed by atoms with Gasteiger partial charge in [-0.3, -0.25) is 14.5 Å². The lowest BCUT2D eigenvalue weighted by Crippen LogP contribution is -2.46. The van der Waals surface area contributed by atoms with Crippen LogP contribution in [0.15, 0.2) is 77.7 Å². The molecule has 3 N–H and O–H groups in total. The number of H-pyrrole nitrogens is 1. The van der Waals surface area contributed by atoms with Crippen LogP contribution in [-0.4, -0.2) is 62.7 Å². The number of rotatable bonds is 7. The number of amides is 1. The van der Waals surface area contributed by atoms with Crippen molar-refractivity contribution in [1.82, 2.24) is 24.6 Å². The number of aromatic amines is 1. The maximum Gasteiger partial charge on any atom is 0.274 e. The number of aromatic nitrogens is 3. The predicted octanol–water partition coefficient (Wildman–Crippen LogP) is 4.44. The van der Waals surface area contributed by atoms with E-state index in [1.165, 1.54) is 0 Å². The van der Waals surface area contributed by atoms with Gasteiger partial charge in [0.25, 0.3) is 5.56 Å². The smallest absolute Gasteiger partial charge is 0.274 e. The number of nitrogen functional groups attached to an aromatic ring is 1. The van der Waals surface area contributed by atoms with Gasteiger partial charge >= 0.3 is 0 Å². The van der Waals surface area contributed by atoms with Crippen LogP contribution in [0.4, 0.5) is 5.82 Å². The van der Waals surface area contributed by atoms with Crippen LogP contribution in [0.5, 0.6) is 11.5 Å². The second kappa shape index (κ2) is 11.0. The topological polar surface area (TPSA) is 109 Å². The first-order valence-corrected chi connectivity index (χ1v) is 14.0. The molecule has 2 aromatic carbocycles. The Hall–Kier alpha value is -4.37. The van der Waals surface area contributed by atoms with Gasteiger partial charge in [-0.25, -0.2) is 5.10 Å². The molecule has 0 bridgehead atoms. The van der Waals surface area contributed by atoms with Gasteiger partial charge in [-0.05, 0) is 67.8 Å². The Morgan fingerprint density at radius 2 is 1.88 bits per heavy atom. The third-order valence-corrected chi connectivity index (χ3v) is 8.10. The summed E-state index contributed by atoms with van der Waals surface area (Å²) < 4.78 is 7.87. The lowest BCUT2D eigenvalue weighted by Gasteiger charge is -2.38. The van der Waals surface area contributed by atoms with Crippen molar-refractivity contribution in [3.63, 3.8) is 0 Å². The van der Waals surface area contributed by atoms with Gasteiger partial charge < -0.3 is 19.9 Å². The van der Waals surface area contributed by atoms with Gasteiger partial charge in [0.05, 0.1) is 5.39 Å². The average molecular weight is 539 g/mol. The van der Waals surface area contributed by atoms with Crippen molar-refractivity contribution in [2.24, 2.45) is 0 Å². The maximum atomic E-state index is 13.1. The molecular weight excluding hydrogens is 504 g/mol. The summed E-state index contributed by atoms with van der Waals surface area (Å²) in [6, 6.07) is 17.6. The van der Waals surface area contributed by atoms with Crippen LogP contribution in [0.2, 0.25) is 0 Å². The Balaban J connectivity index is 1.28. The number of likely N-dealkylation sites (tertiary alicyclic amines) is 2. The first kappa shape index (κ1) is 25.9. The number of hydrogen-bond acceptors (Lipinski definition) is 6. The summed E-state index contributed by atoms with van der Waals surface area (Å²) in [4.78, 5) is 30.4. The minimum absolute atomic E-state index is 0.00859. The lowest BCUT2D eigenvalue weighted by atomic mass is 9.90. The van der Waals surface area contributed by atoms with Crippen molar-refractivity contribution in [3.05, 3.63) is 88.9 Å². The molecule has 2 aliphatic heterocycles. The molecule has 0 aliphatic carbocycles. The number of carbonyl (C=O) groups is 1. The van der Waals surface area contributed by atoms with Crippen molar-refractivity contribution in [3.8, 4) is 17.2 Å². The number of nitrogens with two attached hydrogens (primary N) is 1. The van der Waals surface area contributed by atoms with Crippen LogP contribution in [0.25, 0.3) is 16.6 Å². The predicted molar refractivity (Wildman–Crippen MR) is 156 cm³/mol. The van der Waals surface area contributed by atoms with Gasteiger partial charge in [0.15, 0.2) is 5.82 Å². The first-order chi connectivity index (χ1) is 19.5. The van der Waals surface area contributed by atoms with Crippen LogP contribution in [0.3, 0.4) is 0 Å². The molecule has 2 saturated heterocycles. The highest BCUT2D eigenvalue weighted by atomic mass is 16.5. The molecular formula is C31H34N6O3. The number of carbonyl (C=O) groups excluding carboxylic acids is 1. The molecule has 2 atom stereocenters. The molecule has 206 valence electrons. The van der Waals surface area contributed by atoms with Gasteiger partial charge in [-0.15, -0.1) is 0 Å². The normalized spacial score (nSPS) is 19.7. The fourth-order valence-corrected chi connectivity index (χ4v) is 5.85. The molecule has 9 heteroatoms. The number of nitrogens with zero attached hydrogens (tertiary/aromatic N) is 4. The van der Waals surface area contributed by atoms with E-state index in [4.69, 9.17) is 10.5 Å². The lowest BCUT2D eigenvalue weighted by molar-refractivity contribution is -0.127. The zero-order valence-corrected chi connectivity index (χ0v) is 22.6. The Bertz CT molecular complexity index is 1590. The van der Waals surface area contributed by atoms with E-state index in [1.54, 1.807) is 6.08 Å². The molecule has 0 radical (unpaired) electrons. The van der Waals surface area contributed by atoms with E-state index in [0.717, 1.165) is 49.4 Å². The fourth-order valence-electron chi connectivity index (χ4n) is 5.85. The van der Waals surface area contributed by atoms with E-state index in [1.807, 2.05) is 76.3 Å². The monoisotopic (exact) mass is 538 g/mol. The summed E-state index contributed by atoms with van der Waals surface area (Å²) in [5, 5.41) is 7.13. The number of benzene rings is 2.